The molecule has 2 aromatic rings. The Balaban J connectivity index is 1.42. The SMILES string of the molecule is O[C@@H](CSc1ccc(Cl)c(Cl)c1)CN1CCN(c2ccc(F)cc2)CC1. The van der Waals surface area contributed by atoms with Crippen molar-refractivity contribution in [2.45, 2.75) is 11.0 Å². The van der Waals surface area contributed by atoms with Crippen LogP contribution in [0.4, 0.5) is 10.1 Å². The van der Waals surface area contributed by atoms with E-state index >= 15 is 0 Å². The van der Waals surface area contributed by atoms with Gasteiger partial charge in [0, 0.05) is 49.1 Å². The molecule has 1 saturated heterocycles. The Morgan fingerprint density at radius 3 is 2.35 bits per heavy atom. The Kier molecular flexibility index (Phi) is 7.06. The second kappa shape index (κ2) is 9.29. The van der Waals surface area contributed by atoms with E-state index in [0.717, 1.165) is 36.8 Å². The third-order valence-corrected chi connectivity index (χ3v) is 6.24. The van der Waals surface area contributed by atoms with Crippen molar-refractivity contribution in [2.24, 2.45) is 0 Å². The Labute approximate surface area is 167 Å². The number of benzene rings is 2. The van der Waals surface area contributed by atoms with Crippen molar-refractivity contribution in [3.8, 4) is 0 Å². The largest absolute Gasteiger partial charge is 0.391 e. The number of aliphatic hydroxyl groups excluding tert-OH is 1. The third-order valence-electron chi connectivity index (χ3n) is 4.37. The van der Waals surface area contributed by atoms with Gasteiger partial charge in [-0.05, 0) is 42.5 Å². The Hall–Kier alpha value is -0.980. The molecular weight excluding hydrogens is 394 g/mol. The smallest absolute Gasteiger partial charge is 0.123 e. The molecule has 26 heavy (non-hydrogen) atoms. The number of halogens is 3. The minimum Gasteiger partial charge on any atom is -0.391 e. The van der Waals surface area contributed by atoms with Gasteiger partial charge >= 0.3 is 0 Å². The van der Waals surface area contributed by atoms with Gasteiger partial charge < -0.3 is 10.0 Å². The number of nitrogens with zero attached hydrogens (tertiary/aromatic N) is 2. The van der Waals surface area contributed by atoms with Crippen LogP contribution in [0.1, 0.15) is 0 Å². The van der Waals surface area contributed by atoms with Crippen LogP contribution >= 0.6 is 35.0 Å². The molecule has 140 valence electrons. The van der Waals surface area contributed by atoms with E-state index in [4.69, 9.17) is 23.2 Å². The fourth-order valence-electron chi connectivity index (χ4n) is 2.95. The maximum atomic E-state index is 13.0. The van der Waals surface area contributed by atoms with Crippen LogP contribution < -0.4 is 4.90 Å². The fourth-order valence-corrected chi connectivity index (χ4v) is 4.17. The van der Waals surface area contributed by atoms with Crippen molar-refractivity contribution in [3.63, 3.8) is 0 Å². The lowest BCUT2D eigenvalue weighted by Crippen LogP contribution is -2.48. The van der Waals surface area contributed by atoms with E-state index in [1.54, 1.807) is 17.8 Å². The highest BCUT2D eigenvalue weighted by atomic mass is 35.5. The third kappa shape index (κ3) is 5.51. The maximum absolute atomic E-state index is 13.0. The van der Waals surface area contributed by atoms with Crippen LogP contribution in [0.25, 0.3) is 0 Å². The lowest BCUT2D eigenvalue weighted by Gasteiger charge is -2.36. The number of aliphatic hydroxyl groups is 1. The first-order valence-electron chi connectivity index (χ1n) is 8.50. The summed E-state index contributed by atoms with van der Waals surface area (Å²) >= 11 is 13.5. The van der Waals surface area contributed by atoms with E-state index in [1.165, 1.54) is 12.1 Å². The minimum atomic E-state index is -0.410. The molecule has 3 rings (SSSR count). The van der Waals surface area contributed by atoms with E-state index in [-0.39, 0.29) is 5.82 Å². The summed E-state index contributed by atoms with van der Waals surface area (Å²) in [5, 5.41) is 11.4. The van der Waals surface area contributed by atoms with Crippen LogP contribution in [-0.4, -0.2) is 54.6 Å². The number of hydrogen-bond acceptors (Lipinski definition) is 4. The van der Waals surface area contributed by atoms with Crippen molar-refractivity contribution < 1.29 is 9.50 Å². The highest BCUT2D eigenvalue weighted by Gasteiger charge is 2.19. The Morgan fingerprint density at radius 1 is 1.00 bits per heavy atom. The summed E-state index contributed by atoms with van der Waals surface area (Å²) in [7, 11) is 0. The Bertz CT molecular complexity index is 724. The van der Waals surface area contributed by atoms with Gasteiger partial charge in [0.15, 0.2) is 0 Å². The summed E-state index contributed by atoms with van der Waals surface area (Å²) in [6.45, 7) is 4.15. The molecule has 0 saturated carbocycles. The first-order valence-corrected chi connectivity index (χ1v) is 10.2. The molecule has 2 aromatic carbocycles. The molecule has 0 radical (unpaired) electrons. The van der Waals surface area contributed by atoms with Crippen LogP contribution in [0.5, 0.6) is 0 Å². The van der Waals surface area contributed by atoms with Crippen molar-refractivity contribution in [2.75, 3.05) is 43.4 Å². The van der Waals surface area contributed by atoms with Crippen molar-refractivity contribution >= 4 is 40.7 Å². The monoisotopic (exact) mass is 414 g/mol. The van der Waals surface area contributed by atoms with Gasteiger partial charge in [0.05, 0.1) is 16.1 Å². The second-order valence-electron chi connectivity index (χ2n) is 6.30. The maximum Gasteiger partial charge on any atom is 0.123 e. The van der Waals surface area contributed by atoms with Gasteiger partial charge in [-0.15, -0.1) is 11.8 Å². The van der Waals surface area contributed by atoms with Gasteiger partial charge in [0.2, 0.25) is 0 Å². The standard InChI is InChI=1S/C19H21Cl2FN2OS/c20-18-6-5-17(11-19(18)21)26-13-16(25)12-23-7-9-24(10-8-23)15-3-1-14(22)2-4-15/h1-6,11,16,25H,7-10,12-13H2/t16-/m1/s1. The molecule has 0 unspecified atom stereocenters. The summed E-state index contributed by atoms with van der Waals surface area (Å²) in [5.41, 5.74) is 1.04. The van der Waals surface area contributed by atoms with Gasteiger partial charge in [-0.2, -0.15) is 0 Å². The topological polar surface area (TPSA) is 26.7 Å². The summed E-state index contributed by atoms with van der Waals surface area (Å²) in [5.74, 6) is 0.394. The quantitative estimate of drug-likeness (QED) is 0.708. The minimum absolute atomic E-state index is 0.213. The molecule has 0 aromatic heterocycles. The first kappa shape index (κ1) is 19.8. The summed E-state index contributed by atoms with van der Waals surface area (Å²) in [6, 6.07) is 12.1. The normalized spacial score (nSPS) is 16.7. The molecule has 0 amide bonds. The molecule has 0 aliphatic carbocycles. The van der Waals surface area contributed by atoms with E-state index in [9.17, 15) is 9.50 Å². The number of hydrogen-bond donors (Lipinski definition) is 1. The number of β-amino-alcohol motifs (C(OH)–C–C–N with tert-alkyl or cyclic N) is 1. The van der Waals surface area contributed by atoms with E-state index in [1.807, 2.05) is 24.3 Å². The highest BCUT2D eigenvalue weighted by molar-refractivity contribution is 7.99. The Morgan fingerprint density at radius 2 is 1.69 bits per heavy atom. The summed E-state index contributed by atoms with van der Waals surface area (Å²) in [6.07, 6.45) is -0.410. The lowest BCUT2D eigenvalue weighted by molar-refractivity contribution is 0.126. The summed E-state index contributed by atoms with van der Waals surface area (Å²) < 4.78 is 13.0. The number of piperazine rings is 1. The van der Waals surface area contributed by atoms with Gasteiger partial charge in [-0.1, -0.05) is 23.2 Å². The van der Waals surface area contributed by atoms with Crippen LogP contribution in [0.2, 0.25) is 10.0 Å². The van der Waals surface area contributed by atoms with Crippen molar-refractivity contribution in [1.29, 1.82) is 0 Å². The van der Waals surface area contributed by atoms with Crippen molar-refractivity contribution in [3.05, 3.63) is 58.3 Å². The molecule has 1 aliphatic heterocycles. The van der Waals surface area contributed by atoms with E-state index < -0.39 is 6.10 Å². The number of anilines is 1. The lowest BCUT2D eigenvalue weighted by atomic mass is 10.2. The summed E-state index contributed by atoms with van der Waals surface area (Å²) in [4.78, 5) is 5.51. The van der Waals surface area contributed by atoms with Crippen molar-refractivity contribution in [1.82, 2.24) is 4.90 Å². The number of thioether (sulfide) groups is 1. The van der Waals surface area contributed by atoms with Gasteiger partial charge in [-0.3, -0.25) is 4.90 Å². The van der Waals surface area contributed by atoms with E-state index in [2.05, 4.69) is 9.80 Å². The molecule has 1 aliphatic rings. The molecule has 1 fully saturated rings. The second-order valence-corrected chi connectivity index (χ2v) is 8.21. The highest BCUT2D eigenvalue weighted by Crippen LogP contribution is 2.28. The molecule has 0 spiro atoms. The van der Waals surface area contributed by atoms with Gasteiger partial charge in [0.1, 0.15) is 5.82 Å². The predicted molar refractivity (Wildman–Crippen MR) is 108 cm³/mol. The molecule has 1 atom stereocenters. The van der Waals surface area contributed by atoms with Gasteiger partial charge in [0.25, 0.3) is 0 Å². The molecule has 3 nitrogen and oxygen atoms in total. The van der Waals surface area contributed by atoms with Crippen LogP contribution in [0.15, 0.2) is 47.4 Å². The molecule has 1 heterocycles. The van der Waals surface area contributed by atoms with Crippen LogP contribution in [0, 0.1) is 5.82 Å². The molecular formula is C19H21Cl2FN2OS. The zero-order valence-electron chi connectivity index (χ0n) is 14.2. The predicted octanol–water partition coefficient (Wildman–Crippen LogP) is 4.41. The fraction of sp³-hybridized carbons (Fsp3) is 0.368. The average molecular weight is 415 g/mol. The molecule has 1 N–H and O–H groups in total. The van der Waals surface area contributed by atoms with Gasteiger partial charge in [-0.25, -0.2) is 4.39 Å². The van der Waals surface area contributed by atoms with E-state index in [0.29, 0.717) is 22.3 Å². The molecule has 0 bridgehead atoms. The molecule has 7 heteroatoms. The zero-order valence-corrected chi connectivity index (χ0v) is 16.6. The zero-order chi connectivity index (χ0) is 18.5. The van der Waals surface area contributed by atoms with Crippen LogP contribution in [-0.2, 0) is 0 Å². The number of rotatable bonds is 6. The van der Waals surface area contributed by atoms with Crippen LogP contribution in [0.3, 0.4) is 0 Å². The first-order chi connectivity index (χ1) is 12.5. The average Bonchev–Trinajstić information content (AvgIpc) is 2.64.